The van der Waals surface area contributed by atoms with Crippen molar-refractivity contribution < 1.29 is 4.74 Å². The quantitative estimate of drug-likeness (QED) is 0.662. The third-order valence-electron chi connectivity index (χ3n) is 6.34. The third kappa shape index (κ3) is 4.00. The van der Waals surface area contributed by atoms with Crippen molar-refractivity contribution in [3.63, 3.8) is 0 Å². The van der Waals surface area contributed by atoms with E-state index in [0.717, 1.165) is 49.4 Å². The molecule has 0 radical (unpaired) electrons. The average Bonchev–Trinajstić information content (AvgIpc) is 2.44. The lowest BCUT2D eigenvalue weighted by molar-refractivity contribution is -0.0602. The minimum atomic E-state index is 0.743. The molecule has 3 heteroatoms. The van der Waals surface area contributed by atoms with E-state index in [1.165, 1.54) is 13.0 Å². The lowest BCUT2D eigenvalue weighted by Gasteiger charge is -2.57. The van der Waals surface area contributed by atoms with E-state index in [2.05, 4.69) is 17.3 Å². The summed E-state index contributed by atoms with van der Waals surface area (Å²) in [5.41, 5.74) is 0.743. The average molecular weight is 294 g/mol. The van der Waals surface area contributed by atoms with Crippen LogP contribution in [0.1, 0.15) is 44.9 Å². The summed E-state index contributed by atoms with van der Waals surface area (Å²) in [7, 11) is 4.05. The van der Waals surface area contributed by atoms with Gasteiger partial charge in [-0.25, -0.2) is 0 Å². The highest BCUT2D eigenvalue weighted by molar-refractivity contribution is 5.01. The van der Waals surface area contributed by atoms with Crippen LogP contribution in [0.2, 0.25) is 0 Å². The summed E-state index contributed by atoms with van der Waals surface area (Å²) in [6.45, 7) is 5.32. The smallest absolute Gasteiger partial charge is 0.0587 e. The van der Waals surface area contributed by atoms with Crippen molar-refractivity contribution in [2.24, 2.45) is 23.2 Å². The van der Waals surface area contributed by atoms with Crippen LogP contribution in [-0.2, 0) is 4.74 Å². The molecule has 4 saturated carbocycles. The predicted octanol–water partition coefficient (Wildman–Crippen LogP) is 2.76. The molecule has 0 aliphatic heterocycles. The Balaban J connectivity index is 1.37. The van der Waals surface area contributed by atoms with Gasteiger partial charge in [0.05, 0.1) is 6.61 Å². The van der Waals surface area contributed by atoms with E-state index in [0.29, 0.717) is 0 Å². The Morgan fingerprint density at radius 1 is 1.00 bits per heavy atom. The first kappa shape index (κ1) is 15.8. The molecule has 0 aromatic heterocycles. The predicted molar refractivity (Wildman–Crippen MR) is 87.5 cm³/mol. The van der Waals surface area contributed by atoms with Crippen molar-refractivity contribution in [3.05, 3.63) is 0 Å². The van der Waals surface area contributed by atoms with Gasteiger partial charge < -0.3 is 15.0 Å². The standard InChI is InChI=1S/C18H34N2O/c1-20(7-4-19-5-8-21-2)6-3-18-12-15-9-16(13-18)11-17(10-15)14-18/h15-17,19H,3-14H2,1-2H3. The molecule has 0 aromatic rings. The molecule has 4 aliphatic carbocycles. The van der Waals surface area contributed by atoms with E-state index in [1.54, 1.807) is 45.6 Å². The minimum Gasteiger partial charge on any atom is -0.383 e. The highest BCUT2D eigenvalue weighted by Crippen LogP contribution is 2.61. The molecule has 4 aliphatic rings. The molecular formula is C18H34N2O. The summed E-state index contributed by atoms with van der Waals surface area (Å²) in [6.07, 6.45) is 10.8. The van der Waals surface area contributed by atoms with Gasteiger partial charge in [0.1, 0.15) is 0 Å². The number of methoxy groups -OCH3 is 1. The number of hydrogen-bond acceptors (Lipinski definition) is 3. The van der Waals surface area contributed by atoms with Gasteiger partial charge in [0.25, 0.3) is 0 Å². The largest absolute Gasteiger partial charge is 0.383 e. The Kier molecular flexibility index (Phi) is 5.23. The third-order valence-corrected chi connectivity index (χ3v) is 6.34. The van der Waals surface area contributed by atoms with Crippen LogP contribution in [0.5, 0.6) is 0 Å². The van der Waals surface area contributed by atoms with E-state index in [4.69, 9.17) is 4.74 Å². The van der Waals surface area contributed by atoms with Crippen molar-refractivity contribution in [1.82, 2.24) is 10.2 Å². The van der Waals surface area contributed by atoms with Crippen molar-refractivity contribution >= 4 is 0 Å². The molecule has 0 spiro atoms. The zero-order chi connectivity index (χ0) is 14.7. The van der Waals surface area contributed by atoms with Gasteiger partial charge in [0.2, 0.25) is 0 Å². The summed E-state index contributed by atoms with van der Waals surface area (Å²) in [5, 5.41) is 3.44. The Bertz CT molecular complexity index is 296. The molecule has 3 nitrogen and oxygen atoms in total. The van der Waals surface area contributed by atoms with E-state index >= 15 is 0 Å². The lowest BCUT2D eigenvalue weighted by Crippen LogP contribution is -2.47. The van der Waals surface area contributed by atoms with E-state index in [-0.39, 0.29) is 0 Å². The fourth-order valence-corrected chi connectivity index (χ4v) is 5.71. The van der Waals surface area contributed by atoms with Gasteiger partial charge in [-0.2, -0.15) is 0 Å². The summed E-state index contributed by atoms with van der Waals surface area (Å²) in [4.78, 5) is 2.53. The number of nitrogens with one attached hydrogen (secondary N) is 1. The second-order valence-electron chi connectivity index (χ2n) is 8.21. The van der Waals surface area contributed by atoms with Gasteiger partial charge in [0, 0.05) is 26.7 Å². The van der Waals surface area contributed by atoms with Gasteiger partial charge in [-0.3, -0.25) is 0 Å². The topological polar surface area (TPSA) is 24.5 Å². The van der Waals surface area contributed by atoms with Crippen LogP contribution in [-0.4, -0.2) is 51.8 Å². The minimum absolute atomic E-state index is 0.743. The van der Waals surface area contributed by atoms with E-state index < -0.39 is 0 Å². The molecular weight excluding hydrogens is 260 g/mol. The lowest BCUT2D eigenvalue weighted by atomic mass is 9.49. The number of hydrogen-bond donors (Lipinski definition) is 1. The molecule has 0 atom stereocenters. The van der Waals surface area contributed by atoms with Crippen LogP contribution in [0, 0.1) is 23.2 Å². The van der Waals surface area contributed by atoms with Crippen molar-refractivity contribution in [3.8, 4) is 0 Å². The molecule has 21 heavy (non-hydrogen) atoms. The fourth-order valence-electron chi connectivity index (χ4n) is 5.71. The Labute approximate surface area is 130 Å². The van der Waals surface area contributed by atoms with Crippen molar-refractivity contribution in [1.29, 1.82) is 0 Å². The maximum Gasteiger partial charge on any atom is 0.0587 e. The Morgan fingerprint density at radius 2 is 1.62 bits per heavy atom. The molecule has 0 amide bonds. The van der Waals surface area contributed by atoms with Crippen LogP contribution in [0.25, 0.3) is 0 Å². The number of rotatable bonds is 9. The van der Waals surface area contributed by atoms with Crippen molar-refractivity contribution in [2.75, 3.05) is 46.9 Å². The fraction of sp³-hybridized carbons (Fsp3) is 1.00. The van der Waals surface area contributed by atoms with Gasteiger partial charge in [-0.15, -0.1) is 0 Å². The zero-order valence-corrected chi connectivity index (χ0v) is 14.1. The second-order valence-corrected chi connectivity index (χ2v) is 8.21. The molecule has 122 valence electrons. The molecule has 4 rings (SSSR count). The van der Waals surface area contributed by atoms with Crippen LogP contribution in [0.15, 0.2) is 0 Å². The number of likely N-dealkylation sites (N-methyl/N-ethyl adjacent to an activating group) is 1. The van der Waals surface area contributed by atoms with Gasteiger partial charge in [-0.1, -0.05) is 0 Å². The van der Waals surface area contributed by atoms with Gasteiger partial charge >= 0.3 is 0 Å². The summed E-state index contributed by atoms with van der Waals surface area (Å²) >= 11 is 0. The summed E-state index contributed by atoms with van der Waals surface area (Å²) < 4.78 is 5.06. The van der Waals surface area contributed by atoms with Gasteiger partial charge in [-0.05, 0) is 81.7 Å². The molecule has 0 saturated heterocycles. The second kappa shape index (κ2) is 6.97. The zero-order valence-electron chi connectivity index (χ0n) is 14.1. The Morgan fingerprint density at radius 3 is 2.19 bits per heavy atom. The molecule has 0 unspecified atom stereocenters. The number of nitrogens with zero attached hydrogens (tertiary/aromatic N) is 1. The molecule has 4 fully saturated rings. The van der Waals surface area contributed by atoms with E-state index in [1.807, 2.05) is 0 Å². The monoisotopic (exact) mass is 294 g/mol. The van der Waals surface area contributed by atoms with Crippen LogP contribution in [0.4, 0.5) is 0 Å². The van der Waals surface area contributed by atoms with Crippen LogP contribution in [0.3, 0.4) is 0 Å². The molecule has 0 aromatic carbocycles. The normalized spacial score (nSPS) is 37.6. The first-order valence-corrected chi connectivity index (χ1v) is 9.07. The maximum absolute atomic E-state index is 5.06. The highest BCUT2D eigenvalue weighted by Gasteiger charge is 2.50. The van der Waals surface area contributed by atoms with Crippen LogP contribution >= 0.6 is 0 Å². The maximum atomic E-state index is 5.06. The first-order valence-electron chi connectivity index (χ1n) is 9.07. The first-order chi connectivity index (χ1) is 10.2. The van der Waals surface area contributed by atoms with E-state index in [9.17, 15) is 0 Å². The van der Waals surface area contributed by atoms with Crippen LogP contribution < -0.4 is 5.32 Å². The summed E-state index contributed by atoms with van der Waals surface area (Å²) in [6, 6.07) is 0. The number of ether oxygens (including phenoxy) is 1. The van der Waals surface area contributed by atoms with Gasteiger partial charge in [0.15, 0.2) is 0 Å². The molecule has 1 N–H and O–H groups in total. The Hall–Kier alpha value is -0.120. The highest BCUT2D eigenvalue weighted by atomic mass is 16.5. The molecule has 4 bridgehead atoms. The van der Waals surface area contributed by atoms with Crippen molar-refractivity contribution in [2.45, 2.75) is 44.9 Å². The SMILES string of the molecule is COCCNCCN(C)CCC12CC3CC(CC(C3)C1)C2. The summed E-state index contributed by atoms with van der Waals surface area (Å²) in [5.74, 6) is 3.28. The molecule has 0 heterocycles.